The summed E-state index contributed by atoms with van der Waals surface area (Å²) in [5.74, 6) is 0.152. The zero-order valence-electron chi connectivity index (χ0n) is 11.4. The maximum absolute atomic E-state index is 12.2. The lowest BCUT2D eigenvalue weighted by Crippen LogP contribution is -2.39. The number of amides is 1. The van der Waals surface area contributed by atoms with Crippen LogP contribution in [0.4, 0.5) is 5.69 Å². The van der Waals surface area contributed by atoms with Gasteiger partial charge in [-0.15, -0.1) is 0 Å². The molecule has 1 aromatic rings. The molecular weight excluding hydrogens is 238 g/mol. The summed E-state index contributed by atoms with van der Waals surface area (Å²) in [4.78, 5) is 14.1. The number of hydrogen-bond donors (Lipinski definition) is 1. The summed E-state index contributed by atoms with van der Waals surface area (Å²) in [5, 5.41) is 12.1. The fraction of sp³-hybridized carbons (Fsp3) is 0.467. The lowest BCUT2D eigenvalue weighted by molar-refractivity contribution is -0.130. The second kappa shape index (κ2) is 5.75. The largest absolute Gasteiger partial charge is 0.374 e. The van der Waals surface area contributed by atoms with Crippen molar-refractivity contribution in [3.05, 3.63) is 29.3 Å². The number of nitrogens with one attached hydrogen (secondary N) is 1. The van der Waals surface area contributed by atoms with E-state index in [-0.39, 0.29) is 11.9 Å². The van der Waals surface area contributed by atoms with Crippen LogP contribution in [0, 0.1) is 18.3 Å². The van der Waals surface area contributed by atoms with Crippen LogP contribution in [0.2, 0.25) is 0 Å². The van der Waals surface area contributed by atoms with Crippen molar-refractivity contribution in [2.24, 2.45) is 0 Å². The average Bonchev–Trinajstić information content (AvgIpc) is 2.92. The fourth-order valence-electron chi connectivity index (χ4n) is 2.40. The van der Waals surface area contributed by atoms with Crippen molar-refractivity contribution < 1.29 is 4.79 Å². The van der Waals surface area contributed by atoms with Gasteiger partial charge in [0.2, 0.25) is 5.91 Å². The molecule has 4 heteroatoms. The average molecular weight is 257 g/mol. The Balaban J connectivity index is 2.02. The number of aryl methyl sites for hydroxylation is 1. The zero-order valence-corrected chi connectivity index (χ0v) is 11.4. The molecule has 0 spiro atoms. The lowest BCUT2D eigenvalue weighted by atomic mass is 10.1. The molecule has 0 bridgehead atoms. The van der Waals surface area contributed by atoms with Crippen molar-refractivity contribution in [1.29, 1.82) is 5.26 Å². The van der Waals surface area contributed by atoms with E-state index in [1.54, 1.807) is 6.07 Å². The monoisotopic (exact) mass is 257 g/mol. The number of anilines is 1. The van der Waals surface area contributed by atoms with E-state index >= 15 is 0 Å². The number of hydrogen-bond acceptors (Lipinski definition) is 3. The van der Waals surface area contributed by atoms with Crippen LogP contribution in [-0.2, 0) is 4.79 Å². The highest BCUT2D eigenvalue weighted by Crippen LogP contribution is 2.16. The Morgan fingerprint density at radius 2 is 2.11 bits per heavy atom. The quantitative estimate of drug-likeness (QED) is 0.904. The van der Waals surface area contributed by atoms with Crippen LogP contribution < -0.4 is 5.32 Å². The SMILES string of the molecule is Cc1cc(NC(C)C(=O)N2CCCC2)ccc1C#N. The van der Waals surface area contributed by atoms with E-state index in [0.717, 1.165) is 37.2 Å². The fourth-order valence-corrected chi connectivity index (χ4v) is 2.40. The van der Waals surface area contributed by atoms with Crippen LogP contribution in [0.15, 0.2) is 18.2 Å². The van der Waals surface area contributed by atoms with Gasteiger partial charge in [-0.1, -0.05) is 0 Å². The molecular formula is C15H19N3O. The molecule has 0 saturated carbocycles. The summed E-state index contributed by atoms with van der Waals surface area (Å²) in [7, 11) is 0. The van der Waals surface area contributed by atoms with Gasteiger partial charge in [0.15, 0.2) is 0 Å². The van der Waals surface area contributed by atoms with Gasteiger partial charge in [0.1, 0.15) is 6.04 Å². The summed E-state index contributed by atoms with van der Waals surface area (Å²) < 4.78 is 0. The van der Waals surface area contributed by atoms with Crippen molar-refractivity contribution in [2.75, 3.05) is 18.4 Å². The number of nitrogens with zero attached hydrogens (tertiary/aromatic N) is 2. The first kappa shape index (κ1) is 13.4. The Morgan fingerprint density at radius 1 is 1.42 bits per heavy atom. The first-order valence-electron chi connectivity index (χ1n) is 6.68. The number of nitriles is 1. The van der Waals surface area contributed by atoms with Gasteiger partial charge in [0.25, 0.3) is 0 Å². The Hall–Kier alpha value is -2.02. The maximum Gasteiger partial charge on any atom is 0.244 e. The number of carbonyl (C=O) groups excluding carboxylic acids is 1. The number of rotatable bonds is 3. The normalized spacial score (nSPS) is 15.9. The molecule has 1 amide bonds. The first-order chi connectivity index (χ1) is 9.11. The molecule has 1 N–H and O–H groups in total. The number of carbonyl (C=O) groups is 1. The lowest BCUT2D eigenvalue weighted by Gasteiger charge is -2.22. The van der Waals surface area contributed by atoms with E-state index in [1.165, 1.54) is 0 Å². The van der Waals surface area contributed by atoms with Gasteiger partial charge in [0, 0.05) is 18.8 Å². The molecule has 0 aromatic heterocycles. The Labute approximate surface area is 114 Å². The van der Waals surface area contributed by atoms with E-state index in [4.69, 9.17) is 5.26 Å². The van der Waals surface area contributed by atoms with Gasteiger partial charge in [-0.25, -0.2) is 0 Å². The van der Waals surface area contributed by atoms with Crippen molar-refractivity contribution in [3.63, 3.8) is 0 Å². The summed E-state index contributed by atoms with van der Waals surface area (Å²) in [5.41, 5.74) is 2.48. The maximum atomic E-state index is 12.2. The van der Waals surface area contributed by atoms with Crippen LogP contribution >= 0.6 is 0 Å². The van der Waals surface area contributed by atoms with Crippen molar-refractivity contribution in [3.8, 4) is 6.07 Å². The minimum Gasteiger partial charge on any atom is -0.374 e. The third-order valence-corrected chi connectivity index (χ3v) is 3.52. The summed E-state index contributed by atoms with van der Waals surface area (Å²) >= 11 is 0. The summed E-state index contributed by atoms with van der Waals surface area (Å²) in [6.07, 6.45) is 2.21. The van der Waals surface area contributed by atoms with Crippen LogP contribution in [0.5, 0.6) is 0 Å². The van der Waals surface area contributed by atoms with Crippen LogP contribution in [0.1, 0.15) is 30.9 Å². The minimum absolute atomic E-state index is 0.152. The molecule has 1 heterocycles. The predicted molar refractivity (Wildman–Crippen MR) is 74.8 cm³/mol. The third-order valence-electron chi connectivity index (χ3n) is 3.52. The van der Waals surface area contributed by atoms with Gasteiger partial charge in [-0.05, 0) is 50.5 Å². The molecule has 1 aliphatic rings. The van der Waals surface area contributed by atoms with Gasteiger partial charge in [-0.3, -0.25) is 4.79 Å². The highest BCUT2D eigenvalue weighted by Gasteiger charge is 2.22. The van der Waals surface area contributed by atoms with Crippen molar-refractivity contribution in [1.82, 2.24) is 4.90 Å². The zero-order chi connectivity index (χ0) is 13.8. The summed E-state index contributed by atoms with van der Waals surface area (Å²) in [6, 6.07) is 7.45. The molecule has 1 fully saturated rings. The molecule has 4 nitrogen and oxygen atoms in total. The smallest absolute Gasteiger partial charge is 0.244 e. The Kier molecular flexibility index (Phi) is 4.06. The van der Waals surface area contributed by atoms with E-state index < -0.39 is 0 Å². The molecule has 19 heavy (non-hydrogen) atoms. The second-order valence-electron chi connectivity index (χ2n) is 5.04. The highest BCUT2D eigenvalue weighted by atomic mass is 16.2. The van der Waals surface area contributed by atoms with Crippen molar-refractivity contribution >= 4 is 11.6 Å². The van der Waals surface area contributed by atoms with E-state index in [2.05, 4.69) is 11.4 Å². The third kappa shape index (κ3) is 3.05. The summed E-state index contributed by atoms with van der Waals surface area (Å²) in [6.45, 7) is 5.53. The van der Waals surface area contributed by atoms with Gasteiger partial charge in [0.05, 0.1) is 11.6 Å². The molecule has 2 rings (SSSR count). The van der Waals surface area contributed by atoms with E-state index in [9.17, 15) is 4.79 Å². The van der Waals surface area contributed by atoms with Gasteiger partial charge < -0.3 is 10.2 Å². The minimum atomic E-state index is -0.231. The highest BCUT2D eigenvalue weighted by molar-refractivity contribution is 5.84. The molecule has 0 aliphatic carbocycles. The van der Waals surface area contributed by atoms with Crippen LogP contribution in [0.3, 0.4) is 0 Å². The topological polar surface area (TPSA) is 56.1 Å². The molecule has 1 atom stereocenters. The van der Waals surface area contributed by atoms with Gasteiger partial charge >= 0.3 is 0 Å². The van der Waals surface area contributed by atoms with Crippen molar-refractivity contribution in [2.45, 2.75) is 32.7 Å². The first-order valence-corrected chi connectivity index (χ1v) is 6.68. The Bertz CT molecular complexity index is 513. The predicted octanol–water partition coefficient (Wildman–Crippen LogP) is 2.29. The molecule has 1 saturated heterocycles. The van der Waals surface area contributed by atoms with Crippen LogP contribution in [0.25, 0.3) is 0 Å². The standard InChI is InChI=1S/C15H19N3O/c1-11-9-14(6-5-13(11)10-16)17-12(2)15(19)18-7-3-4-8-18/h5-6,9,12,17H,3-4,7-8H2,1-2H3. The molecule has 1 aliphatic heterocycles. The molecule has 100 valence electrons. The van der Waals surface area contributed by atoms with E-state index in [1.807, 2.05) is 30.9 Å². The molecule has 1 unspecified atom stereocenters. The second-order valence-corrected chi connectivity index (χ2v) is 5.04. The molecule has 1 aromatic carbocycles. The Morgan fingerprint density at radius 3 is 2.68 bits per heavy atom. The number of benzene rings is 1. The van der Waals surface area contributed by atoms with Crippen LogP contribution in [-0.4, -0.2) is 29.9 Å². The van der Waals surface area contributed by atoms with E-state index in [0.29, 0.717) is 5.56 Å². The molecule has 0 radical (unpaired) electrons. The van der Waals surface area contributed by atoms with Gasteiger partial charge in [-0.2, -0.15) is 5.26 Å². The number of likely N-dealkylation sites (tertiary alicyclic amines) is 1.